The van der Waals surface area contributed by atoms with Crippen molar-refractivity contribution in [2.45, 2.75) is 44.2 Å². The molecule has 0 aromatic heterocycles. The van der Waals surface area contributed by atoms with Crippen molar-refractivity contribution in [3.8, 4) is 5.75 Å². The van der Waals surface area contributed by atoms with Gasteiger partial charge in [0.1, 0.15) is 0 Å². The van der Waals surface area contributed by atoms with Crippen LogP contribution in [0, 0.1) is 0 Å². The predicted molar refractivity (Wildman–Crippen MR) is 111 cm³/mol. The minimum Gasteiger partial charge on any atom is -0.387 e. The topological polar surface area (TPSA) is 67.8 Å². The monoisotopic (exact) mass is 425 g/mol. The van der Waals surface area contributed by atoms with Gasteiger partial charge in [0.2, 0.25) is 0 Å². The summed E-state index contributed by atoms with van der Waals surface area (Å²) < 4.78 is 0. The van der Waals surface area contributed by atoms with Gasteiger partial charge in [-0.1, -0.05) is 35.9 Å². The quantitative estimate of drug-likeness (QED) is 0.501. The molecule has 0 radical (unpaired) electrons. The van der Waals surface area contributed by atoms with Crippen molar-refractivity contribution in [3.63, 3.8) is 0 Å². The Hall–Kier alpha value is -1.79. The van der Waals surface area contributed by atoms with Crippen molar-refractivity contribution in [2.24, 2.45) is 0 Å². The lowest BCUT2D eigenvalue weighted by Crippen LogP contribution is -2.30. The van der Waals surface area contributed by atoms with E-state index in [-0.39, 0.29) is 12.4 Å². The van der Waals surface area contributed by atoms with E-state index >= 15 is 0 Å². The first-order valence-electron chi connectivity index (χ1n) is 9.13. The molecule has 2 N–H and O–H groups in total. The first-order valence-corrected chi connectivity index (χ1v) is 9.51. The number of carbonyl (C=O) groups excluding carboxylic acids is 1. The molecule has 0 amide bonds. The maximum absolute atomic E-state index is 10.9. The number of halogens is 2. The molecule has 0 bridgehead atoms. The molecule has 2 aromatic rings. The van der Waals surface area contributed by atoms with E-state index in [9.17, 15) is 9.90 Å². The molecule has 28 heavy (non-hydrogen) atoms. The van der Waals surface area contributed by atoms with Gasteiger partial charge in [-0.3, -0.25) is 9.78 Å². The first-order chi connectivity index (χ1) is 13.0. The van der Waals surface area contributed by atoms with Gasteiger partial charge in [0, 0.05) is 24.5 Å². The molecule has 1 fully saturated rings. The van der Waals surface area contributed by atoms with Gasteiger partial charge in [0.25, 0.3) is 0 Å². The molecular formula is C21H25Cl2NO4. The molecule has 0 spiro atoms. The SMILES string of the molecule is CC(=O)OOc1cccc(C2CCC(NCC(O)c3cccc(Cl)c3)C2)c1.Cl. The Morgan fingerprint density at radius 1 is 1.25 bits per heavy atom. The van der Waals surface area contributed by atoms with E-state index in [4.69, 9.17) is 16.5 Å². The maximum atomic E-state index is 10.9. The Morgan fingerprint density at radius 3 is 2.79 bits per heavy atom. The van der Waals surface area contributed by atoms with Crippen LogP contribution in [0.15, 0.2) is 48.5 Å². The standard InChI is InChI=1S/C21H24ClNO4.ClH/c1-14(24)26-27-20-7-3-4-15(12-20)16-8-9-19(11-16)23-13-21(25)17-5-2-6-18(22)10-17;/h2-7,10,12,16,19,21,23,25H,8-9,11,13H2,1H3;1H. The van der Waals surface area contributed by atoms with Gasteiger partial charge >= 0.3 is 5.97 Å². The molecule has 7 heteroatoms. The van der Waals surface area contributed by atoms with Gasteiger partial charge in [-0.15, -0.1) is 12.4 Å². The second-order valence-electron chi connectivity index (χ2n) is 6.92. The fourth-order valence-corrected chi connectivity index (χ4v) is 3.71. The van der Waals surface area contributed by atoms with E-state index in [0.717, 1.165) is 24.8 Å². The summed E-state index contributed by atoms with van der Waals surface area (Å²) in [6, 6.07) is 15.3. The van der Waals surface area contributed by atoms with Gasteiger partial charge in [-0.25, -0.2) is 4.79 Å². The van der Waals surface area contributed by atoms with E-state index < -0.39 is 12.1 Å². The third-order valence-electron chi connectivity index (χ3n) is 4.85. The predicted octanol–water partition coefficient (Wildman–Crippen LogP) is 4.58. The van der Waals surface area contributed by atoms with Crippen molar-refractivity contribution in [1.29, 1.82) is 0 Å². The number of carbonyl (C=O) groups is 1. The van der Waals surface area contributed by atoms with Gasteiger partial charge in [0.05, 0.1) is 6.10 Å². The lowest BCUT2D eigenvalue weighted by atomic mass is 9.97. The van der Waals surface area contributed by atoms with Crippen LogP contribution in [0.5, 0.6) is 5.75 Å². The number of hydrogen-bond acceptors (Lipinski definition) is 5. The minimum absolute atomic E-state index is 0. The second kappa shape index (κ2) is 10.7. The van der Waals surface area contributed by atoms with Crippen LogP contribution in [0.4, 0.5) is 0 Å². The highest BCUT2D eigenvalue weighted by molar-refractivity contribution is 6.30. The number of benzene rings is 2. The van der Waals surface area contributed by atoms with Crippen molar-refractivity contribution in [1.82, 2.24) is 5.32 Å². The van der Waals surface area contributed by atoms with E-state index in [1.807, 2.05) is 24.3 Å². The number of rotatable bonds is 7. The zero-order valence-corrected chi connectivity index (χ0v) is 17.2. The van der Waals surface area contributed by atoms with Crippen LogP contribution in [0.3, 0.4) is 0 Å². The summed E-state index contributed by atoms with van der Waals surface area (Å²) >= 11 is 5.99. The Morgan fingerprint density at radius 2 is 2.04 bits per heavy atom. The number of nitrogens with one attached hydrogen (secondary N) is 1. The molecule has 0 aliphatic heterocycles. The lowest BCUT2D eigenvalue weighted by Gasteiger charge is -2.17. The Kier molecular flexibility index (Phi) is 8.58. The van der Waals surface area contributed by atoms with Crippen molar-refractivity contribution in [3.05, 3.63) is 64.7 Å². The van der Waals surface area contributed by atoms with Crippen LogP contribution < -0.4 is 10.2 Å². The van der Waals surface area contributed by atoms with Crippen LogP contribution in [0.2, 0.25) is 5.02 Å². The molecular weight excluding hydrogens is 401 g/mol. The van der Waals surface area contributed by atoms with Gasteiger partial charge in [-0.2, -0.15) is 0 Å². The van der Waals surface area contributed by atoms with Crippen molar-refractivity contribution < 1.29 is 19.7 Å². The highest BCUT2D eigenvalue weighted by Gasteiger charge is 2.26. The average molecular weight is 426 g/mol. The highest BCUT2D eigenvalue weighted by atomic mass is 35.5. The zero-order valence-electron chi connectivity index (χ0n) is 15.6. The molecule has 0 saturated heterocycles. The minimum atomic E-state index is -0.580. The summed E-state index contributed by atoms with van der Waals surface area (Å²) in [7, 11) is 0. The maximum Gasteiger partial charge on any atom is 0.352 e. The van der Waals surface area contributed by atoms with Crippen molar-refractivity contribution >= 4 is 30.0 Å². The van der Waals surface area contributed by atoms with E-state index in [1.54, 1.807) is 18.2 Å². The summed E-state index contributed by atoms with van der Waals surface area (Å²) in [5.41, 5.74) is 1.99. The lowest BCUT2D eigenvalue weighted by molar-refractivity contribution is -0.210. The van der Waals surface area contributed by atoms with Gasteiger partial charge < -0.3 is 10.4 Å². The largest absolute Gasteiger partial charge is 0.387 e. The molecule has 1 aliphatic rings. The molecule has 0 heterocycles. The third kappa shape index (κ3) is 6.38. The Balaban J connectivity index is 0.00000280. The van der Waals surface area contributed by atoms with E-state index in [0.29, 0.717) is 29.3 Å². The summed E-state index contributed by atoms with van der Waals surface area (Å²) in [6.45, 7) is 1.79. The number of aliphatic hydroxyl groups is 1. The van der Waals surface area contributed by atoms with Crippen LogP contribution in [-0.2, 0) is 9.68 Å². The number of aliphatic hydroxyl groups excluding tert-OH is 1. The summed E-state index contributed by atoms with van der Waals surface area (Å²) in [4.78, 5) is 20.5. The average Bonchev–Trinajstić information content (AvgIpc) is 3.14. The molecule has 3 unspecified atom stereocenters. The van der Waals surface area contributed by atoms with Crippen molar-refractivity contribution in [2.75, 3.05) is 6.54 Å². The smallest absolute Gasteiger partial charge is 0.352 e. The van der Waals surface area contributed by atoms with Crippen LogP contribution in [0.1, 0.15) is 49.3 Å². The fraction of sp³-hybridized carbons (Fsp3) is 0.381. The second-order valence-corrected chi connectivity index (χ2v) is 7.35. The number of hydrogen-bond donors (Lipinski definition) is 2. The molecule has 5 nitrogen and oxygen atoms in total. The normalized spacial score (nSPS) is 19.5. The van der Waals surface area contributed by atoms with Crippen LogP contribution in [0.25, 0.3) is 0 Å². The molecule has 1 saturated carbocycles. The third-order valence-corrected chi connectivity index (χ3v) is 5.09. The summed E-state index contributed by atoms with van der Waals surface area (Å²) in [6.07, 6.45) is 2.51. The van der Waals surface area contributed by atoms with E-state index in [2.05, 4.69) is 16.3 Å². The van der Waals surface area contributed by atoms with E-state index in [1.165, 1.54) is 12.5 Å². The molecule has 3 atom stereocenters. The highest BCUT2D eigenvalue weighted by Crippen LogP contribution is 2.36. The molecule has 152 valence electrons. The molecule has 3 rings (SSSR count). The fourth-order valence-electron chi connectivity index (χ4n) is 3.51. The summed E-state index contributed by atoms with van der Waals surface area (Å²) in [5.74, 6) is 0.450. The zero-order chi connectivity index (χ0) is 19.2. The molecule has 2 aromatic carbocycles. The molecule has 1 aliphatic carbocycles. The van der Waals surface area contributed by atoms with Crippen LogP contribution >= 0.6 is 24.0 Å². The Bertz CT molecular complexity index is 787. The first kappa shape index (κ1) is 22.5. The van der Waals surface area contributed by atoms with Gasteiger partial charge in [-0.05, 0) is 60.6 Å². The van der Waals surface area contributed by atoms with Crippen LogP contribution in [-0.4, -0.2) is 23.7 Å². The van der Waals surface area contributed by atoms with Gasteiger partial charge in [0.15, 0.2) is 5.75 Å². The summed E-state index contributed by atoms with van der Waals surface area (Å²) in [5, 5.41) is 14.4. The Labute approximate surface area is 176 Å².